The molecule has 4 heteroatoms. The van der Waals surface area contributed by atoms with Gasteiger partial charge in [0.2, 0.25) is 0 Å². The van der Waals surface area contributed by atoms with Gasteiger partial charge in [-0.3, -0.25) is 0 Å². The van der Waals surface area contributed by atoms with Gasteiger partial charge in [-0.25, -0.2) is 4.98 Å². The molecule has 0 radical (unpaired) electrons. The van der Waals surface area contributed by atoms with Crippen molar-refractivity contribution in [1.29, 1.82) is 0 Å². The van der Waals surface area contributed by atoms with Gasteiger partial charge in [-0.05, 0) is 43.3 Å². The van der Waals surface area contributed by atoms with E-state index in [9.17, 15) is 0 Å². The van der Waals surface area contributed by atoms with Crippen LogP contribution in [0.1, 0.15) is 12.6 Å². The molecule has 2 N–H and O–H groups in total. The van der Waals surface area contributed by atoms with E-state index in [4.69, 9.17) is 5.73 Å². The first kappa shape index (κ1) is 12.5. The summed E-state index contributed by atoms with van der Waals surface area (Å²) in [6.45, 7) is 3.87. The average molecular weight is 266 g/mol. The number of nitrogens with two attached hydrogens (primary N) is 1. The standard InChI is InChI=1S/C16H18N4/c1-2-19(15-8-6-13(17)7-9-15)11-14-12-20-10-4-3-5-16(20)18-14/h3-10,12H,2,11,17H2,1H3. The highest BCUT2D eigenvalue weighted by atomic mass is 15.1. The smallest absolute Gasteiger partial charge is 0.137 e. The Kier molecular flexibility index (Phi) is 3.29. The lowest BCUT2D eigenvalue weighted by atomic mass is 10.2. The maximum absolute atomic E-state index is 5.74. The van der Waals surface area contributed by atoms with Crippen LogP contribution in [-0.2, 0) is 6.54 Å². The minimum Gasteiger partial charge on any atom is -0.399 e. The van der Waals surface area contributed by atoms with Crippen molar-refractivity contribution in [2.45, 2.75) is 13.5 Å². The van der Waals surface area contributed by atoms with E-state index in [0.717, 1.165) is 30.1 Å². The Labute approximate surface area is 118 Å². The monoisotopic (exact) mass is 266 g/mol. The van der Waals surface area contributed by atoms with Crippen LogP contribution in [0.2, 0.25) is 0 Å². The summed E-state index contributed by atoms with van der Waals surface area (Å²) in [6, 6.07) is 14.0. The number of hydrogen-bond acceptors (Lipinski definition) is 3. The molecule has 1 aromatic carbocycles. The van der Waals surface area contributed by atoms with Crippen LogP contribution in [0.4, 0.5) is 11.4 Å². The van der Waals surface area contributed by atoms with E-state index in [2.05, 4.69) is 35.1 Å². The molecule has 2 heterocycles. The van der Waals surface area contributed by atoms with Crippen molar-refractivity contribution in [3.05, 3.63) is 60.6 Å². The fourth-order valence-corrected chi connectivity index (χ4v) is 2.33. The first-order valence-corrected chi connectivity index (χ1v) is 6.79. The van der Waals surface area contributed by atoms with E-state index >= 15 is 0 Å². The zero-order chi connectivity index (χ0) is 13.9. The SMILES string of the molecule is CCN(Cc1cn2ccccc2n1)c1ccc(N)cc1. The van der Waals surface area contributed by atoms with E-state index in [1.165, 1.54) is 5.69 Å². The Hall–Kier alpha value is -2.49. The topological polar surface area (TPSA) is 46.6 Å². The number of nitrogens with zero attached hydrogens (tertiary/aromatic N) is 3. The summed E-state index contributed by atoms with van der Waals surface area (Å²) in [5.74, 6) is 0. The lowest BCUT2D eigenvalue weighted by Crippen LogP contribution is -2.22. The largest absolute Gasteiger partial charge is 0.399 e. The molecule has 0 aliphatic carbocycles. The normalized spacial score (nSPS) is 10.8. The van der Waals surface area contributed by atoms with Gasteiger partial charge in [0.1, 0.15) is 5.65 Å². The molecule has 0 atom stereocenters. The highest BCUT2D eigenvalue weighted by Crippen LogP contribution is 2.18. The summed E-state index contributed by atoms with van der Waals surface area (Å²) < 4.78 is 2.05. The van der Waals surface area contributed by atoms with Crippen LogP contribution in [0.15, 0.2) is 54.9 Å². The molecular weight excluding hydrogens is 248 g/mol. The second-order valence-corrected chi connectivity index (χ2v) is 4.80. The third-order valence-electron chi connectivity index (χ3n) is 3.41. The molecule has 0 saturated carbocycles. The molecule has 3 rings (SSSR count). The first-order valence-electron chi connectivity index (χ1n) is 6.79. The van der Waals surface area contributed by atoms with Crippen molar-refractivity contribution < 1.29 is 0 Å². The van der Waals surface area contributed by atoms with Gasteiger partial charge < -0.3 is 15.0 Å². The van der Waals surface area contributed by atoms with Gasteiger partial charge in [0.05, 0.1) is 12.2 Å². The van der Waals surface area contributed by atoms with Gasteiger partial charge in [-0.2, -0.15) is 0 Å². The molecule has 3 aromatic rings. The minimum absolute atomic E-state index is 0.789. The highest BCUT2D eigenvalue weighted by molar-refractivity contribution is 5.53. The summed E-state index contributed by atoms with van der Waals surface area (Å²) in [6.07, 6.45) is 4.10. The molecule has 20 heavy (non-hydrogen) atoms. The van der Waals surface area contributed by atoms with Crippen LogP contribution in [0.5, 0.6) is 0 Å². The summed E-state index contributed by atoms with van der Waals surface area (Å²) in [5, 5.41) is 0. The minimum atomic E-state index is 0.789. The van der Waals surface area contributed by atoms with Crippen LogP contribution in [0.25, 0.3) is 5.65 Å². The lowest BCUT2D eigenvalue weighted by molar-refractivity contribution is 0.816. The van der Waals surface area contributed by atoms with Gasteiger partial charge in [0, 0.05) is 30.3 Å². The quantitative estimate of drug-likeness (QED) is 0.738. The number of pyridine rings is 1. The van der Waals surface area contributed by atoms with Crippen molar-refractivity contribution in [2.24, 2.45) is 0 Å². The van der Waals surface area contributed by atoms with E-state index in [0.29, 0.717) is 0 Å². The molecule has 0 fully saturated rings. The predicted molar refractivity (Wildman–Crippen MR) is 82.8 cm³/mol. The fourth-order valence-electron chi connectivity index (χ4n) is 2.33. The number of imidazole rings is 1. The highest BCUT2D eigenvalue weighted by Gasteiger charge is 2.08. The van der Waals surface area contributed by atoms with Gasteiger partial charge >= 0.3 is 0 Å². The average Bonchev–Trinajstić information content (AvgIpc) is 2.88. The predicted octanol–water partition coefficient (Wildman–Crippen LogP) is 2.94. The Morgan fingerprint density at radius 1 is 1.15 bits per heavy atom. The van der Waals surface area contributed by atoms with Crippen molar-refractivity contribution >= 4 is 17.0 Å². The molecule has 0 spiro atoms. The van der Waals surface area contributed by atoms with Crippen LogP contribution < -0.4 is 10.6 Å². The Bertz CT molecular complexity index is 667. The molecule has 102 valence electrons. The molecule has 0 aliphatic rings. The summed E-state index contributed by atoms with van der Waals surface area (Å²) in [5.41, 5.74) is 9.74. The fraction of sp³-hybridized carbons (Fsp3) is 0.188. The number of nitrogen functional groups attached to an aromatic ring is 1. The number of hydrogen-bond donors (Lipinski definition) is 1. The van der Waals surface area contributed by atoms with Gasteiger partial charge in [0.25, 0.3) is 0 Å². The van der Waals surface area contributed by atoms with Crippen molar-refractivity contribution in [3.8, 4) is 0 Å². The zero-order valence-corrected chi connectivity index (χ0v) is 11.5. The van der Waals surface area contributed by atoms with Crippen molar-refractivity contribution in [3.63, 3.8) is 0 Å². The van der Waals surface area contributed by atoms with Gasteiger partial charge in [-0.1, -0.05) is 6.07 Å². The van der Waals surface area contributed by atoms with Crippen LogP contribution in [0.3, 0.4) is 0 Å². The molecule has 0 aliphatic heterocycles. The number of fused-ring (bicyclic) bond motifs is 1. The van der Waals surface area contributed by atoms with Crippen LogP contribution >= 0.6 is 0 Å². The van der Waals surface area contributed by atoms with Crippen molar-refractivity contribution in [2.75, 3.05) is 17.2 Å². The van der Waals surface area contributed by atoms with Crippen molar-refractivity contribution in [1.82, 2.24) is 9.38 Å². The molecular formula is C16H18N4. The Morgan fingerprint density at radius 2 is 1.95 bits per heavy atom. The molecule has 0 bridgehead atoms. The van der Waals surface area contributed by atoms with E-state index in [1.54, 1.807) is 0 Å². The Morgan fingerprint density at radius 3 is 2.65 bits per heavy atom. The summed E-state index contributed by atoms with van der Waals surface area (Å²) in [4.78, 5) is 6.92. The Balaban J connectivity index is 1.85. The van der Waals surface area contributed by atoms with E-state index < -0.39 is 0 Å². The zero-order valence-electron chi connectivity index (χ0n) is 11.5. The van der Waals surface area contributed by atoms with E-state index in [1.807, 2.05) is 40.9 Å². The third-order valence-corrected chi connectivity index (χ3v) is 3.41. The number of rotatable bonds is 4. The summed E-state index contributed by atoms with van der Waals surface area (Å²) in [7, 11) is 0. The molecule has 2 aromatic heterocycles. The lowest BCUT2D eigenvalue weighted by Gasteiger charge is -2.22. The second kappa shape index (κ2) is 5.25. The van der Waals surface area contributed by atoms with Crippen LogP contribution in [-0.4, -0.2) is 15.9 Å². The number of aromatic nitrogens is 2. The maximum atomic E-state index is 5.74. The first-order chi connectivity index (χ1) is 9.76. The van der Waals surface area contributed by atoms with Gasteiger partial charge in [0.15, 0.2) is 0 Å². The van der Waals surface area contributed by atoms with Crippen LogP contribution in [0, 0.1) is 0 Å². The molecule has 4 nitrogen and oxygen atoms in total. The maximum Gasteiger partial charge on any atom is 0.137 e. The number of benzene rings is 1. The van der Waals surface area contributed by atoms with E-state index in [-0.39, 0.29) is 0 Å². The molecule has 0 saturated heterocycles. The molecule has 0 unspecified atom stereocenters. The number of anilines is 2. The van der Waals surface area contributed by atoms with Gasteiger partial charge in [-0.15, -0.1) is 0 Å². The molecule has 0 amide bonds. The summed E-state index contributed by atoms with van der Waals surface area (Å²) >= 11 is 0. The third kappa shape index (κ3) is 2.45. The second-order valence-electron chi connectivity index (χ2n) is 4.80.